The fourth-order valence-corrected chi connectivity index (χ4v) is 5.92. The average Bonchev–Trinajstić information content (AvgIpc) is 3.65. The number of likely N-dealkylation sites (tertiary alicyclic amines) is 1. The molecule has 47 heavy (non-hydrogen) atoms. The summed E-state index contributed by atoms with van der Waals surface area (Å²) in [5.41, 5.74) is 2.14. The van der Waals surface area contributed by atoms with E-state index in [4.69, 9.17) is 14.5 Å². The molecule has 2 N–H and O–H groups in total. The van der Waals surface area contributed by atoms with Crippen molar-refractivity contribution >= 4 is 12.0 Å². The Bertz CT molecular complexity index is 1770. The Morgan fingerprint density at radius 1 is 0.957 bits per heavy atom. The smallest absolute Gasteiger partial charge is 0.416 e. The first kappa shape index (κ1) is 31.6. The van der Waals surface area contributed by atoms with Gasteiger partial charge in [-0.3, -0.25) is 4.90 Å². The number of hydrogen-bond acceptors (Lipinski definition) is 7. The highest BCUT2D eigenvalue weighted by Crippen LogP contribution is 2.47. The fraction of sp³-hybridized carbons (Fsp3) is 0.257. The summed E-state index contributed by atoms with van der Waals surface area (Å²) in [5, 5.41) is 3.23. The topological polar surface area (TPSA) is 105 Å². The van der Waals surface area contributed by atoms with Crippen LogP contribution in [0.3, 0.4) is 0 Å². The Morgan fingerprint density at radius 2 is 1.77 bits per heavy atom. The van der Waals surface area contributed by atoms with Gasteiger partial charge in [0.05, 0.1) is 24.4 Å². The van der Waals surface area contributed by atoms with E-state index in [1.165, 1.54) is 12.1 Å². The number of ether oxygens (including phenoxy) is 2. The number of imidazole rings is 1. The number of H-pyrrole nitrogens is 1. The molecule has 0 aliphatic carbocycles. The second-order valence-electron chi connectivity index (χ2n) is 11.3. The average molecular weight is 643 g/mol. The molecule has 3 unspecified atom stereocenters. The molecule has 1 aliphatic rings. The molecule has 3 aromatic carbocycles. The molecular formula is C35H33F3N6O3. The molecule has 3 atom stereocenters. The third kappa shape index (κ3) is 7.54. The highest BCUT2D eigenvalue weighted by Gasteiger charge is 2.43. The van der Waals surface area contributed by atoms with Gasteiger partial charge >= 0.3 is 12.3 Å². The van der Waals surface area contributed by atoms with Crippen molar-refractivity contribution in [1.82, 2.24) is 24.8 Å². The second kappa shape index (κ2) is 13.9. The van der Waals surface area contributed by atoms with E-state index in [1.54, 1.807) is 42.7 Å². The van der Waals surface area contributed by atoms with Crippen molar-refractivity contribution in [3.8, 4) is 5.75 Å². The van der Waals surface area contributed by atoms with Crippen molar-refractivity contribution in [2.75, 3.05) is 19.0 Å². The van der Waals surface area contributed by atoms with Crippen LogP contribution in [0.4, 0.5) is 23.9 Å². The minimum absolute atomic E-state index is 0.0652. The largest absolute Gasteiger partial charge is 0.497 e. The van der Waals surface area contributed by atoms with Gasteiger partial charge in [0.25, 0.3) is 0 Å². The van der Waals surface area contributed by atoms with Gasteiger partial charge < -0.3 is 19.8 Å². The Hall–Kier alpha value is -5.39. The van der Waals surface area contributed by atoms with Crippen LogP contribution >= 0.6 is 0 Å². The number of anilines is 1. The second-order valence-corrected chi connectivity index (χ2v) is 11.3. The number of carbonyl (C=O) groups is 1. The molecule has 12 heteroatoms. The fourth-order valence-electron chi connectivity index (χ4n) is 5.92. The molecule has 1 aliphatic heterocycles. The van der Waals surface area contributed by atoms with Gasteiger partial charge in [-0.2, -0.15) is 13.2 Å². The number of methoxy groups -OCH3 is 1. The first-order chi connectivity index (χ1) is 22.8. The van der Waals surface area contributed by atoms with Crippen molar-refractivity contribution in [2.24, 2.45) is 0 Å². The van der Waals surface area contributed by atoms with Crippen LogP contribution in [0.1, 0.15) is 58.1 Å². The number of carbonyl (C=O) groups excluding carboxylic acids is 1. The minimum Gasteiger partial charge on any atom is -0.497 e. The number of aromatic amines is 1. The summed E-state index contributed by atoms with van der Waals surface area (Å²) in [5.74, 6) is 0.673. The van der Waals surface area contributed by atoms with Crippen molar-refractivity contribution in [3.05, 3.63) is 137 Å². The highest BCUT2D eigenvalue weighted by atomic mass is 19.4. The van der Waals surface area contributed by atoms with Gasteiger partial charge in [0.15, 0.2) is 0 Å². The third-order valence-electron chi connectivity index (χ3n) is 8.32. The molecule has 0 spiro atoms. The molecule has 0 bridgehead atoms. The predicted molar refractivity (Wildman–Crippen MR) is 169 cm³/mol. The summed E-state index contributed by atoms with van der Waals surface area (Å²) in [6.07, 6.45) is 0.0478. The number of rotatable bonds is 9. The van der Waals surface area contributed by atoms with Crippen LogP contribution in [-0.2, 0) is 24.1 Å². The van der Waals surface area contributed by atoms with E-state index in [-0.39, 0.29) is 19.6 Å². The monoisotopic (exact) mass is 642 g/mol. The zero-order valence-electron chi connectivity index (χ0n) is 25.5. The Kier molecular flexibility index (Phi) is 9.37. The van der Waals surface area contributed by atoms with Crippen LogP contribution in [0, 0.1) is 0 Å². The minimum atomic E-state index is -4.51. The molecule has 6 rings (SSSR count). The summed E-state index contributed by atoms with van der Waals surface area (Å²) in [7, 11) is 1.60. The van der Waals surface area contributed by atoms with E-state index in [0.717, 1.165) is 22.9 Å². The molecule has 9 nitrogen and oxygen atoms in total. The summed E-state index contributed by atoms with van der Waals surface area (Å²) in [6.45, 7) is 0.623. The maximum atomic E-state index is 13.8. The summed E-state index contributed by atoms with van der Waals surface area (Å²) in [6, 6.07) is 23.4. The SMILES string of the molecule is COc1ccc(CNc2nccc(C3CN(C(=O)OCc4ccccc4)C(c4ncc[nH]4)CC3c3cccc(C(F)(F)F)c3)n2)cc1. The van der Waals surface area contributed by atoms with E-state index in [9.17, 15) is 18.0 Å². The van der Waals surface area contributed by atoms with Crippen LogP contribution in [0.2, 0.25) is 0 Å². The molecule has 0 saturated carbocycles. The molecule has 0 radical (unpaired) electrons. The number of benzene rings is 3. The van der Waals surface area contributed by atoms with Gasteiger partial charge in [-0.15, -0.1) is 0 Å². The lowest BCUT2D eigenvalue weighted by Crippen LogP contribution is -2.45. The van der Waals surface area contributed by atoms with E-state index < -0.39 is 35.7 Å². The number of nitrogens with zero attached hydrogens (tertiary/aromatic N) is 4. The molecule has 242 valence electrons. The molecule has 1 fully saturated rings. The number of hydrogen-bond donors (Lipinski definition) is 2. The normalized spacial score (nSPS) is 18.0. The van der Waals surface area contributed by atoms with Gasteiger partial charge in [-0.1, -0.05) is 60.7 Å². The molecule has 1 amide bonds. The first-order valence-corrected chi connectivity index (χ1v) is 15.1. The number of halogens is 3. The summed E-state index contributed by atoms with van der Waals surface area (Å²) < 4.78 is 52.5. The number of amides is 1. The Balaban J connectivity index is 1.33. The standard InChI is InChI=1S/C35H33F3N6O3/c1-46-27-12-10-23(11-13-27)20-42-33-41-15-14-30(43-33)29-21-44(34(45)47-22-24-6-3-2-4-7-24)31(32-39-16-17-40-32)19-28(29)25-8-5-9-26(18-25)35(36,37)38/h2-18,28-29,31H,19-22H2,1H3,(H,39,40)(H,41,42,43). The van der Waals surface area contributed by atoms with Gasteiger partial charge in [0.1, 0.15) is 18.2 Å². The molecule has 2 aromatic heterocycles. The lowest BCUT2D eigenvalue weighted by molar-refractivity contribution is -0.137. The van der Waals surface area contributed by atoms with E-state index in [1.807, 2.05) is 54.6 Å². The van der Waals surface area contributed by atoms with E-state index >= 15 is 0 Å². The number of alkyl halides is 3. The Morgan fingerprint density at radius 3 is 2.49 bits per heavy atom. The molecule has 5 aromatic rings. The van der Waals surface area contributed by atoms with Crippen molar-refractivity contribution in [2.45, 2.75) is 43.6 Å². The Labute approximate surface area is 269 Å². The molecule has 3 heterocycles. The highest BCUT2D eigenvalue weighted by molar-refractivity contribution is 5.69. The zero-order valence-corrected chi connectivity index (χ0v) is 25.5. The third-order valence-corrected chi connectivity index (χ3v) is 8.32. The van der Waals surface area contributed by atoms with Crippen LogP contribution in [0.5, 0.6) is 5.75 Å². The molecule has 1 saturated heterocycles. The first-order valence-electron chi connectivity index (χ1n) is 15.1. The lowest BCUT2D eigenvalue weighted by Gasteiger charge is -2.43. The maximum Gasteiger partial charge on any atom is 0.416 e. The maximum absolute atomic E-state index is 13.8. The van der Waals surface area contributed by atoms with Crippen LogP contribution < -0.4 is 10.1 Å². The summed E-state index contributed by atoms with van der Waals surface area (Å²) >= 11 is 0. The van der Waals surface area contributed by atoms with Gasteiger partial charge in [-0.05, 0) is 53.3 Å². The number of aromatic nitrogens is 4. The van der Waals surface area contributed by atoms with Crippen molar-refractivity contribution in [1.29, 1.82) is 0 Å². The van der Waals surface area contributed by atoms with Crippen LogP contribution in [0.15, 0.2) is 104 Å². The number of piperidine rings is 1. The van der Waals surface area contributed by atoms with Gasteiger partial charge in [0, 0.05) is 37.6 Å². The van der Waals surface area contributed by atoms with Gasteiger partial charge in [0.2, 0.25) is 5.95 Å². The lowest BCUT2D eigenvalue weighted by atomic mass is 9.75. The van der Waals surface area contributed by atoms with E-state index in [2.05, 4.69) is 20.3 Å². The van der Waals surface area contributed by atoms with E-state index in [0.29, 0.717) is 29.6 Å². The van der Waals surface area contributed by atoms with Crippen LogP contribution in [0.25, 0.3) is 0 Å². The summed E-state index contributed by atoms with van der Waals surface area (Å²) in [4.78, 5) is 32.0. The quantitative estimate of drug-likeness (QED) is 0.172. The van der Waals surface area contributed by atoms with Crippen molar-refractivity contribution < 1.29 is 27.4 Å². The van der Waals surface area contributed by atoms with Crippen LogP contribution in [-0.4, -0.2) is 44.6 Å². The zero-order chi connectivity index (χ0) is 32.8. The van der Waals surface area contributed by atoms with Gasteiger partial charge in [-0.25, -0.2) is 19.7 Å². The number of nitrogens with one attached hydrogen (secondary N) is 2. The van der Waals surface area contributed by atoms with Crippen molar-refractivity contribution in [3.63, 3.8) is 0 Å². The molecular weight excluding hydrogens is 609 g/mol. The predicted octanol–water partition coefficient (Wildman–Crippen LogP) is 7.49.